The number of hydrogen-bond donors (Lipinski definition) is 1. The van der Waals surface area contributed by atoms with Gasteiger partial charge >= 0.3 is 0 Å². The van der Waals surface area contributed by atoms with Crippen molar-refractivity contribution in [3.63, 3.8) is 0 Å². The molecule has 3 aromatic rings. The Bertz CT molecular complexity index is 1050. The first-order chi connectivity index (χ1) is 14.5. The van der Waals surface area contributed by atoms with E-state index < -0.39 is 5.95 Å². The Labute approximate surface area is 175 Å². The summed E-state index contributed by atoms with van der Waals surface area (Å²) < 4.78 is 19.8. The van der Waals surface area contributed by atoms with Gasteiger partial charge in [-0.15, -0.1) is 0 Å². The number of amides is 1. The van der Waals surface area contributed by atoms with Crippen LogP contribution in [0.5, 0.6) is 5.88 Å². The zero-order valence-corrected chi connectivity index (χ0v) is 17.1. The van der Waals surface area contributed by atoms with Gasteiger partial charge in [0.05, 0.1) is 11.7 Å². The largest absolute Gasteiger partial charge is 0.475 e. The summed E-state index contributed by atoms with van der Waals surface area (Å²) in [7, 11) is 0. The van der Waals surface area contributed by atoms with Crippen LogP contribution in [0.3, 0.4) is 0 Å². The lowest BCUT2D eigenvalue weighted by Gasteiger charge is -2.27. The number of nitrogens with one attached hydrogen (secondary N) is 1. The monoisotopic (exact) mass is 405 g/mol. The lowest BCUT2D eigenvalue weighted by Crippen LogP contribution is -2.39. The molecule has 1 atom stereocenters. The van der Waals surface area contributed by atoms with Crippen LogP contribution >= 0.6 is 0 Å². The Morgan fingerprint density at radius 2 is 1.97 bits per heavy atom. The van der Waals surface area contributed by atoms with Gasteiger partial charge < -0.3 is 10.1 Å². The average Bonchev–Trinajstić information content (AvgIpc) is 2.74. The number of benzene rings is 1. The molecule has 1 N–H and O–H groups in total. The number of carbonyl (C=O) groups is 1. The maximum absolute atomic E-state index is 14.3. The van der Waals surface area contributed by atoms with E-state index >= 15 is 0 Å². The highest BCUT2D eigenvalue weighted by molar-refractivity contribution is 5.94. The van der Waals surface area contributed by atoms with Gasteiger partial charge in [0.25, 0.3) is 5.91 Å². The zero-order chi connectivity index (χ0) is 21.1. The van der Waals surface area contributed by atoms with Gasteiger partial charge in [-0.05, 0) is 68.0 Å². The summed E-state index contributed by atoms with van der Waals surface area (Å²) in [5.74, 6) is -0.153. The van der Waals surface area contributed by atoms with Crippen molar-refractivity contribution in [2.75, 3.05) is 0 Å². The van der Waals surface area contributed by atoms with E-state index in [1.54, 1.807) is 24.3 Å². The fourth-order valence-electron chi connectivity index (χ4n) is 3.85. The molecule has 1 aliphatic carbocycles. The van der Waals surface area contributed by atoms with E-state index in [2.05, 4.69) is 21.4 Å². The molecular weight excluding hydrogens is 381 g/mol. The molecule has 0 radical (unpaired) electrons. The van der Waals surface area contributed by atoms with Gasteiger partial charge in [0, 0.05) is 30.1 Å². The predicted molar refractivity (Wildman–Crippen MR) is 113 cm³/mol. The molecule has 0 spiro atoms. The molecule has 1 aromatic carbocycles. The minimum absolute atomic E-state index is 0.0262. The summed E-state index contributed by atoms with van der Waals surface area (Å²) in [6.07, 6.45) is 5.31. The lowest BCUT2D eigenvalue weighted by molar-refractivity contribution is 0.0933. The second-order valence-electron chi connectivity index (χ2n) is 7.75. The minimum atomic E-state index is -0.480. The van der Waals surface area contributed by atoms with E-state index in [-0.39, 0.29) is 18.1 Å². The van der Waals surface area contributed by atoms with E-state index in [9.17, 15) is 9.18 Å². The van der Waals surface area contributed by atoms with Crippen molar-refractivity contribution in [2.45, 2.75) is 45.3 Å². The maximum Gasteiger partial charge on any atom is 0.253 e. The van der Waals surface area contributed by atoms with Gasteiger partial charge in [-0.3, -0.25) is 4.79 Å². The second-order valence-corrected chi connectivity index (χ2v) is 7.75. The average molecular weight is 405 g/mol. The number of nitrogens with zero attached hydrogens (tertiary/aromatic N) is 2. The van der Waals surface area contributed by atoms with E-state index in [1.165, 1.54) is 18.0 Å². The van der Waals surface area contributed by atoms with Crippen LogP contribution in [-0.4, -0.2) is 28.0 Å². The molecule has 30 heavy (non-hydrogen) atoms. The molecule has 1 amide bonds. The molecule has 0 saturated carbocycles. The zero-order valence-electron chi connectivity index (χ0n) is 17.1. The van der Waals surface area contributed by atoms with Gasteiger partial charge in [-0.2, -0.15) is 4.39 Å². The number of carbonyl (C=O) groups excluding carboxylic acids is 1. The van der Waals surface area contributed by atoms with Crippen molar-refractivity contribution >= 4 is 5.91 Å². The molecule has 154 valence electrons. The Kier molecular flexibility index (Phi) is 5.74. The number of fused-ring (bicyclic) bond motifs is 1. The van der Waals surface area contributed by atoms with Crippen molar-refractivity contribution in [3.05, 3.63) is 77.5 Å². The summed E-state index contributed by atoms with van der Waals surface area (Å²) in [5, 5.41) is 3.10. The van der Waals surface area contributed by atoms with Gasteiger partial charge in [0.15, 0.2) is 0 Å². The van der Waals surface area contributed by atoms with E-state index in [0.29, 0.717) is 23.4 Å². The topological polar surface area (TPSA) is 64.1 Å². The molecule has 6 heteroatoms. The molecule has 0 aliphatic heterocycles. The fourth-order valence-corrected chi connectivity index (χ4v) is 3.85. The van der Waals surface area contributed by atoms with Gasteiger partial charge in [0.1, 0.15) is 0 Å². The van der Waals surface area contributed by atoms with Crippen molar-refractivity contribution < 1.29 is 13.9 Å². The van der Waals surface area contributed by atoms with Crippen molar-refractivity contribution in [2.24, 2.45) is 0 Å². The molecule has 1 unspecified atom stereocenters. The van der Waals surface area contributed by atoms with Crippen LogP contribution in [0.1, 0.15) is 41.8 Å². The SMILES string of the molecule is CC(C)Oc1ccc(C(=O)NC2CCc3cccc(-c4cccnc4F)c3C2)cn1. The molecular formula is C24H24FN3O2. The van der Waals surface area contributed by atoms with Gasteiger partial charge in [-0.1, -0.05) is 18.2 Å². The second kappa shape index (κ2) is 8.61. The third-order valence-electron chi connectivity index (χ3n) is 5.23. The number of pyridine rings is 2. The highest BCUT2D eigenvalue weighted by atomic mass is 19.1. The first-order valence-electron chi connectivity index (χ1n) is 10.2. The minimum Gasteiger partial charge on any atom is -0.475 e. The van der Waals surface area contributed by atoms with Crippen LogP contribution in [0.2, 0.25) is 0 Å². The molecule has 5 nitrogen and oxygen atoms in total. The smallest absolute Gasteiger partial charge is 0.253 e. The first-order valence-corrected chi connectivity index (χ1v) is 10.2. The Morgan fingerprint density at radius 3 is 2.70 bits per heavy atom. The van der Waals surface area contributed by atoms with Crippen LogP contribution in [0.25, 0.3) is 11.1 Å². The van der Waals surface area contributed by atoms with Gasteiger partial charge in [0.2, 0.25) is 11.8 Å². The first kappa shape index (κ1) is 20.0. The quantitative estimate of drug-likeness (QED) is 0.641. The lowest BCUT2D eigenvalue weighted by atomic mass is 9.83. The Balaban J connectivity index is 1.51. The van der Waals surface area contributed by atoms with Crippen LogP contribution in [-0.2, 0) is 12.8 Å². The maximum atomic E-state index is 14.3. The summed E-state index contributed by atoms with van der Waals surface area (Å²) in [6.45, 7) is 3.85. The molecule has 4 rings (SSSR count). The number of halogens is 1. The van der Waals surface area contributed by atoms with Crippen LogP contribution in [0.15, 0.2) is 54.9 Å². The summed E-state index contributed by atoms with van der Waals surface area (Å²) in [6, 6.07) is 12.8. The van der Waals surface area contributed by atoms with E-state index in [4.69, 9.17) is 4.74 Å². The number of rotatable bonds is 5. The number of aryl methyl sites for hydroxylation is 1. The third-order valence-corrected chi connectivity index (χ3v) is 5.23. The summed E-state index contributed by atoms with van der Waals surface area (Å²) in [4.78, 5) is 20.7. The predicted octanol–water partition coefficient (Wildman–Crippen LogP) is 4.36. The van der Waals surface area contributed by atoms with Crippen LogP contribution < -0.4 is 10.1 Å². The summed E-state index contributed by atoms with van der Waals surface area (Å²) >= 11 is 0. The van der Waals surface area contributed by atoms with Gasteiger partial charge in [-0.25, -0.2) is 9.97 Å². The third kappa shape index (κ3) is 4.32. The molecule has 0 bridgehead atoms. The van der Waals surface area contributed by atoms with Crippen LogP contribution in [0.4, 0.5) is 4.39 Å². The van der Waals surface area contributed by atoms with Crippen molar-refractivity contribution in [1.82, 2.24) is 15.3 Å². The molecule has 0 fully saturated rings. The van der Waals surface area contributed by atoms with E-state index in [1.807, 2.05) is 26.0 Å². The standard InChI is InChI=1S/C24H24FN3O2/c1-15(2)30-22-11-9-17(14-27-22)24(29)28-18-10-8-16-5-3-6-19(21(16)13-18)20-7-4-12-26-23(20)25/h3-7,9,11-12,14-15,18H,8,10,13H2,1-2H3,(H,28,29). The number of aromatic nitrogens is 2. The van der Waals surface area contributed by atoms with Crippen molar-refractivity contribution in [1.29, 1.82) is 0 Å². The highest BCUT2D eigenvalue weighted by Gasteiger charge is 2.24. The molecule has 1 aliphatic rings. The van der Waals surface area contributed by atoms with E-state index in [0.717, 1.165) is 24.0 Å². The number of hydrogen-bond acceptors (Lipinski definition) is 4. The molecule has 2 aromatic heterocycles. The highest BCUT2D eigenvalue weighted by Crippen LogP contribution is 2.32. The number of ether oxygens (including phenoxy) is 1. The summed E-state index contributed by atoms with van der Waals surface area (Å²) in [5.41, 5.74) is 4.08. The molecule has 0 saturated heterocycles. The fraction of sp³-hybridized carbons (Fsp3) is 0.292. The normalized spacial score (nSPS) is 15.5. The Hall–Kier alpha value is -3.28. The van der Waals surface area contributed by atoms with Crippen molar-refractivity contribution in [3.8, 4) is 17.0 Å². The Morgan fingerprint density at radius 1 is 1.13 bits per heavy atom. The molecule has 2 heterocycles. The van der Waals surface area contributed by atoms with Crippen LogP contribution in [0, 0.1) is 5.95 Å².